The molecule has 0 aromatic rings. The van der Waals surface area contributed by atoms with Gasteiger partial charge in [-0.3, -0.25) is 72.0 Å². The molecule has 2 saturated heterocycles. The van der Waals surface area contributed by atoms with Crippen LogP contribution < -0.4 is 10.6 Å². The van der Waals surface area contributed by atoms with Gasteiger partial charge in [-0.1, -0.05) is 13.8 Å². The Kier molecular flexibility index (Phi) is 21.3. The van der Waals surface area contributed by atoms with Gasteiger partial charge in [0.05, 0.1) is 49.0 Å². The topological polar surface area (TPSA) is 344 Å². The fraction of sp³-hybridized carbons (Fsp3) is 0.574. The molecule has 0 aromatic carbocycles. The minimum Gasteiger partial charge on any atom is -0.381 e. The standard InChI is InChI=1S/C47H57N5O20/c1-25(46(67)71-51-39(63)13-14-40(51)64)23-33(57)27(3)48-35(59)17-21-69-19-5-7-29(53)44(43-30(54)9-10-31(43)55)45(50-37(61)11-12-38(50)62)32(56)8-6-20-70-22-18-36(60)49-28(4)34(58)24-26(2)47(68)72-52-41(65)15-16-42(52)66/h9-12,25-28,43-45H,5-8,13-24H2,1-4H3,(H,48,59)(H,49,60). The lowest BCUT2D eigenvalue weighted by Gasteiger charge is -2.33. The second-order valence-corrected chi connectivity index (χ2v) is 17.5. The van der Waals surface area contributed by atoms with Gasteiger partial charge in [-0.05, 0) is 38.8 Å². The van der Waals surface area contributed by atoms with E-state index >= 15 is 0 Å². The van der Waals surface area contributed by atoms with Crippen LogP contribution in [0.1, 0.15) is 105 Å². The number of allylic oxidation sites excluding steroid dienone is 2. The Morgan fingerprint density at radius 3 is 1.28 bits per heavy atom. The first-order valence-electron chi connectivity index (χ1n) is 23.3. The fourth-order valence-corrected chi connectivity index (χ4v) is 7.73. The Balaban J connectivity index is 1.22. The summed E-state index contributed by atoms with van der Waals surface area (Å²) in [5.41, 5.74) is 0. The van der Waals surface area contributed by atoms with Gasteiger partial charge in [0.1, 0.15) is 11.8 Å². The minimum absolute atomic E-state index is 0.0502. The Morgan fingerprint density at radius 2 is 0.889 bits per heavy atom. The van der Waals surface area contributed by atoms with Crippen LogP contribution in [-0.4, -0.2) is 153 Å². The highest BCUT2D eigenvalue weighted by Gasteiger charge is 2.51. The van der Waals surface area contributed by atoms with E-state index in [2.05, 4.69) is 10.6 Å². The van der Waals surface area contributed by atoms with Gasteiger partial charge in [0.15, 0.2) is 28.9 Å². The molecule has 3 heterocycles. The van der Waals surface area contributed by atoms with Crippen LogP contribution in [0.2, 0.25) is 0 Å². The molecule has 2 fully saturated rings. The molecular weight excluding hydrogens is 955 g/mol. The third-order valence-electron chi connectivity index (χ3n) is 11.8. The molecule has 1 aliphatic carbocycles. The van der Waals surface area contributed by atoms with Crippen molar-refractivity contribution in [2.75, 3.05) is 26.4 Å². The molecule has 25 nitrogen and oxygen atoms in total. The van der Waals surface area contributed by atoms with Crippen LogP contribution in [0.25, 0.3) is 0 Å². The molecule has 6 atom stereocenters. The Morgan fingerprint density at radius 1 is 0.514 bits per heavy atom. The van der Waals surface area contributed by atoms with Gasteiger partial charge in [0.2, 0.25) is 11.8 Å². The van der Waals surface area contributed by atoms with E-state index in [-0.39, 0.29) is 90.6 Å². The van der Waals surface area contributed by atoms with Gasteiger partial charge in [0, 0.05) is 89.6 Å². The number of carbonyl (C=O) groups excluding carboxylic acids is 16. The zero-order chi connectivity index (χ0) is 53.4. The molecule has 4 aliphatic rings. The molecule has 0 saturated carbocycles. The number of carbonyl (C=O) groups is 16. The van der Waals surface area contributed by atoms with Crippen molar-refractivity contribution in [3.05, 3.63) is 24.3 Å². The number of rotatable bonds is 31. The first-order valence-corrected chi connectivity index (χ1v) is 23.3. The smallest absolute Gasteiger partial charge is 0.336 e. The van der Waals surface area contributed by atoms with Gasteiger partial charge in [-0.25, -0.2) is 9.59 Å². The monoisotopic (exact) mass is 1010 g/mol. The van der Waals surface area contributed by atoms with Crippen molar-refractivity contribution >= 4 is 93.9 Å². The summed E-state index contributed by atoms with van der Waals surface area (Å²) in [6, 6.07) is -3.95. The van der Waals surface area contributed by atoms with Crippen LogP contribution in [0, 0.1) is 23.7 Å². The lowest BCUT2D eigenvalue weighted by molar-refractivity contribution is -0.200. The third-order valence-corrected chi connectivity index (χ3v) is 11.8. The summed E-state index contributed by atoms with van der Waals surface area (Å²) in [5.74, 6) is -17.7. The Bertz CT molecular complexity index is 2100. The van der Waals surface area contributed by atoms with Crippen molar-refractivity contribution in [2.24, 2.45) is 23.7 Å². The molecule has 0 bridgehead atoms. The predicted octanol–water partition coefficient (Wildman–Crippen LogP) is -0.853. The van der Waals surface area contributed by atoms with Crippen molar-refractivity contribution in [1.82, 2.24) is 25.7 Å². The molecule has 6 unspecified atom stereocenters. The largest absolute Gasteiger partial charge is 0.381 e. The maximum Gasteiger partial charge on any atom is 0.336 e. The van der Waals surface area contributed by atoms with Crippen LogP contribution in [0.4, 0.5) is 0 Å². The van der Waals surface area contributed by atoms with Crippen molar-refractivity contribution in [1.29, 1.82) is 0 Å². The summed E-state index contributed by atoms with van der Waals surface area (Å²) in [6.45, 7) is 4.84. The van der Waals surface area contributed by atoms with Crippen molar-refractivity contribution < 1.29 is 95.9 Å². The normalized spacial score (nSPS) is 18.4. The maximum atomic E-state index is 14.0. The zero-order valence-electron chi connectivity index (χ0n) is 40.2. The fourth-order valence-electron chi connectivity index (χ4n) is 7.73. The lowest BCUT2D eigenvalue weighted by Crippen LogP contribution is -2.55. The number of nitrogens with one attached hydrogen (secondary N) is 2. The average molecular weight is 1010 g/mol. The summed E-state index contributed by atoms with van der Waals surface area (Å²) in [7, 11) is 0. The highest BCUT2D eigenvalue weighted by Crippen LogP contribution is 2.32. The summed E-state index contributed by atoms with van der Waals surface area (Å²) in [5, 5.41) is 5.67. The van der Waals surface area contributed by atoms with Gasteiger partial charge >= 0.3 is 11.9 Å². The van der Waals surface area contributed by atoms with E-state index in [1.54, 1.807) is 0 Å². The average Bonchev–Trinajstić information content (AvgIpc) is 4.05. The molecule has 4 rings (SSSR count). The van der Waals surface area contributed by atoms with Crippen LogP contribution in [0.5, 0.6) is 0 Å². The van der Waals surface area contributed by atoms with E-state index in [1.165, 1.54) is 27.7 Å². The van der Waals surface area contributed by atoms with Crippen LogP contribution >= 0.6 is 0 Å². The van der Waals surface area contributed by atoms with E-state index in [4.69, 9.17) is 19.1 Å². The maximum absolute atomic E-state index is 14.0. The number of hydroxylamine groups is 4. The molecule has 2 N–H and O–H groups in total. The minimum atomic E-state index is -1.87. The Hall–Kier alpha value is -7.28. The van der Waals surface area contributed by atoms with Crippen molar-refractivity contribution in [3.63, 3.8) is 0 Å². The van der Waals surface area contributed by atoms with Crippen LogP contribution in [-0.2, 0) is 95.9 Å². The first-order chi connectivity index (χ1) is 34.0. The van der Waals surface area contributed by atoms with E-state index in [0.29, 0.717) is 15.0 Å². The van der Waals surface area contributed by atoms with Gasteiger partial charge in [-0.2, -0.15) is 0 Å². The molecule has 0 aromatic heterocycles. The summed E-state index contributed by atoms with van der Waals surface area (Å²) in [4.78, 5) is 212. The highest BCUT2D eigenvalue weighted by atomic mass is 16.7. The Labute approximate surface area is 411 Å². The molecule has 72 heavy (non-hydrogen) atoms. The SMILES string of the molecule is CC(CC(=O)C(C)NC(=O)CCOCCCC(=O)C(C1C(=O)C=CC1=O)C(C(=O)CCCOCCC(=O)NC(C)C(=O)CC(C)C(=O)ON1C(=O)CCC1=O)N1C(=O)C=CC1=O)C(=O)ON1C(=O)CCC1=O. The summed E-state index contributed by atoms with van der Waals surface area (Å²) < 4.78 is 11.0. The van der Waals surface area contributed by atoms with E-state index < -0.39 is 149 Å². The van der Waals surface area contributed by atoms with Gasteiger partial charge < -0.3 is 29.8 Å². The van der Waals surface area contributed by atoms with E-state index in [1.807, 2.05) is 0 Å². The predicted molar refractivity (Wildman–Crippen MR) is 237 cm³/mol. The van der Waals surface area contributed by atoms with E-state index in [0.717, 1.165) is 24.3 Å². The number of hydrogen-bond donors (Lipinski definition) is 2. The molecule has 390 valence electrons. The van der Waals surface area contributed by atoms with Crippen molar-refractivity contribution in [3.8, 4) is 0 Å². The first kappa shape index (κ1) is 57.3. The quantitative estimate of drug-likeness (QED) is 0.0485. The number of imide groups is 3. The number of Topliss-reactive ketones (excluding diaryl/α,β-unsaturated/α-hetero) is 4. The highest BCUT2D eigenvalue weighted by molar-refractivity contribution is 6.22. The number of hydrogen-bond acceptors (Lipinski definition) is 20. The molecule has 0 radical (unpaired) electrons. The molecule has 3 aliphatic heterocycles. The summed E-state index contributed by atoms with van der Waals surface area (Å²) >= 11 is 0. The van der Waals surface area contributed by atoms with Crippen molar-refractivity contribution in [2.45, 2.75) is 123 Å². The van der Waals surface area contributed by atoms with Gasteiger partial charge in [-0.15, -0.1) is 10.1 Å². The molecule has 8 amide bonds. The van der Waals surface area contributed by atoms with E-state index in [9.17, 15) is 76.7 Å². The van der Waals surface area contributed by atoms with Gasteiger partial charge in [0.25, 0.3) is 35.4 Å². The number of ether oxygens (including phenoxy) is 2. The molecule has 25 heteroatoms. The summed E-state index contributed by atoms with van der Waals surface area (Å²) in [6.07, 6.45) is 1.09. The second-order valence-electron chi connectivity index (χ2n) is 17.5. The third kappa shape index (κ3) is 15.9. The van der Waals surface area contributed by atoms with Crippen LogP contribution in [0.3, 0.4) is 0 Å². The lowest BCUT2D eigenvalue weighted by atomic mass is 9.76. The number of ketones is 6. The second kappa shape index (κ2) is 26.8. The zero-order valence-corrected chi connectivity index (χ0v) is 40.2. The number of amides is 8. The van der Waals surface area contributed by atoms with Crippen LogP contribution in [0.15, 0.2) is 24.3 Å². The molecular formula is C47H57N5O20. The number of nitrogens with zero attached hydrogens (tertiary/aromatic N) is 3. The molecule has 0 spiro atoms.